The van der Waals surface area contributed by atoms with Crippen molar-refractivity contribution in [1.82, 2.24) is 15.1 Å². The molecule has 0 aliphatic rings. The van der Waals surface area contributed by atoms with Crippen LogP contribution in [0.5, 0.6) is 11.6 Å². The molecule has 5 heteroatoms. The fourth-order valence-corrected chi connectivity index (χ4v) is 2.42. The Morgan fingerprint density at radius 2 is 2.21 bits per heavy atom. The van der Waals surface area contributed by atoms with Gasteiger partial charge < -0.3 is 10.1 Å². The van der Waals surface area contributed by atoms with Crippen LogP contribution in [0.4, 0.5) is 0 Å². The molecule has 0 fully saturated rings. The highest BCUT2D eigenvalue weighted by Gasteiger charge is 2.15. The van der Waals surface area contributed by atoms with E-state index in [4.69, 9.17) is 4.74 Å². The molecule has 0 unspecified atom stereocenters. The van der Waals surface area contributed by atoms with E-state index in [9.17, 15) is 0 Å². The molecule has 0 aliphatic carbocycles. The zero-order valence-electron chi connectivity index (χ0n) is 11.4. The minimum absolute atomic E-state index is 0.773. The maximum Gasteiger partial charge on any atom is 0.222 e. The third-order valence-corrected chi connectivity index (χ3v) is 3.52. The lowest BCUT2D eigenvalue weighted by molar-refractivity contribution is 0.424. The highest BCUT2D eigenvalue weighted by Crippen LogP contribution is 2.27. The summed E-state index contributed by atoms with van der Waals surface area (Å²) in [7, 11) is 1.91. The molecular weight excluding hydrogens is 353 g/mol. The van der Waals surface area contributed by atoms with Crippen LogP contribution >= 0.6 is 22.6 Å². The molecule has 1 aromatic heterocycles. The average Bonchev–Trinajstić information content (AvgIpc) is 2.62. The molecular formula is C14H18IN3O. The van der Waals surface area contributed by atoms with E-state index >= 15 is 0 Å². The molecule has 0 saturated carbocycles. The monoisotopic (exact) mass is 371 g/mol. The Bertz CT molecular complexity index is 566. The van der Waals surface area contributed by atoms with Crippen LogP contribution in [0.2, 0.25) is 0 Å². The van der Waals surface area contributed by atoms with Gasteiger partial charge in [0.1, 0.15) is 5.75 Å². The van der Waals surface area contributed by atoms with Crippen molar-refractivity contribution in [3.05, 3.63) is 39.1 Å². The van der Waals surface area contributed by atoms with E-state index in [1.165, 1.54) is 0 Å². The van der Waals surface area contributed by atoms with E-state index in [0.29, 0.717) is 0 Å². The number of aromatic nitrogens is 2. The maximum atomic E-state index is 5.99. The van der Waals surface area contributed by atoms with Gasteiger partial charge in [-0.1, -0.05) is 13.0 Å². The normalized spacial score (nSPS) is 10.7. The first-order valence-corrected chi connectivity index (χ1v) is 7.36. The van der Waals surface area contributed by atoms with E-state index in [1.807, 2.05) is 38.2 Å². The van der Waals surface area contributed by atoms with E-state index in [2.05, 4.69) is 39.9 Å². The molecule has 0 amide bonds. The van der Waals surface area contributed by atoms with E-state index < -0.39 is 0 Å². The zero-order chi connectivity index (χ0) is 13.8. The number of halogens is 1. The largest absolute Gasteiger partial charge is 0.439 e. The first-order valence-electron chi connectivity index (χ1n) is 6.28. The molecule has 1 N–H and O–H groups in total. The van der Waals surface area contributed by atoms with Gasteiger partial charge in [0.05, 0.1) is 11.3 Å². The third kappa shape index (κ3) is 3.48. The highest BCUT2D eigenvalue weighted by molar-refractivity contribution is 14.1. The van der Waals surface area contributed by atoms with Crippen LogP contribution in [0.1, 0.15) is 18.2 Å². The fraction of sp³-hybridized carbons (Fsp3) is 0.357. The average molecular weight is 371 g/mol. The SMILES string of the molecule is CCNCc1c(C)nn(C)c1Oc1cccc(I)c1. The summed E-state index contributed by atoms with van der Waals surface area (Å²) in [6, 6.07) is 8.01. The topological polar surface area (TPSA) is 39.1 Å². The molecule has 4 nitrogen and oxygen atoms in total. The van der Waals surface area contributed by atoms with E-state index in [-0.39, 0.29) is 0 Å². The molecule has 102 valence electrons. The summed E-state index contributed by atoms with van der Waals surface area (Å²) >= 11 is 2.28. The second-order valence-electron chi connectivity index (χ2n) is 4.33. The van der Waals surface area contributed by atoms with Crippen molar-refractivity contribution in [2.75, 3.05) is 6.54 Å². The summed E-state index contributed by atoms with van der Waals surface area (Å²) < 4.78 is 8.94. The van der Waals surface area contributed by atoms with Crippen LogP contribution in [0.15, 0.2) is 24.3 Å². The van der Waals surface area contributed by atoms with Gasteiger partial charge in [0.25, 0.3) is 0 Å². The quantitative estimate of drug-likeness (QED) is 0.821. The number of nitrogens with zero attached hydrogens (tertiary/aromatic N) is 2. The number of aryl methyl sites for hydroxylation is 2. The van der Waals surface area contributed by atoms with E-state index in [1.54, 1.807) is 4.68 Å². The van der Waals surface area contributed by atoms with Crippen LogP contribution < -0.4 is 10.1 Å². The molecule has 0 atom stereocenters. The Kier molecular flexibility index (Phi) is 4.81. The number of hydrogen-bond acceptors (Lipinski definition) is 3. The van der Waals surface area contributed by atoms with Gasteiger partial charge in [-0.2, -0.15) is 5.10 Å². The molecule has 2 rings (SSSR count). The zero-order valence-corrected chi connectivity index (χ0v) is 13.6. The second kappa shape index (κ2) is 6.38. The van der Waals surface area contributed by atoms with Crippen LogP contribution in [0.3, 0.4) is 0 Å². The number of nitrogens with one attached hydrogen (secondary N) is 1. The van der Waals surface area contributed by atoms with Crippen molar-refractivity contribution in [3.8, 4) is 11.6 Å². The predicted octanol–water partition coefficient (Wildman–Crippen LogP) is 3.23. The summed E-state index contributed by atoms with van der Waals surface area (Å²) in [5.74, 6) is 1.65. The number of ether oxygens (including phenoxy) is 1. The number of rotatable bonds is 5. The van der Waals surface area contributed by atoms with Gasteiger partial charge in [0, 0.05) is 17.2 Å². The molecule has 1 aromatic carbocycles. The Morgan fingerprint density at radius 1 is 1.42 bits per heavy atom. The Morgan fingerprint density at radius 3 is 2.89 bits per heavy atom. The Labute approximate surface area is 127 Å². The van der Waals surface area contributed by atoms with Crippen molar-refractivity contribution in [2.24, 2.45) is 7.05 Å². The van der Waals surface area contributed by atoms with Gasteiger partial charge in [-0.15, -0.1) is 0 Å². The Hall–Kier alpha value is -1.08. The minimum Gasteiger partial charge on any atom is -0.439 e. The molecule has 0 aliphatic heterocycles. The molecule has 1 heterocycles. The minimum atomic E-state index is 0.773. The summed E-state index contributed by atoms with van der Waals surface area (Å²) in [4.78, 5) is 0. The Balaban J connectivity index is 2.28. The fourth-order valence-electron chi connectivity index (χ4n) is 1.90. The van der Waals surface area contributed by atoms with Crippen LogP contribution in [-0.4, -0.2) is 16.3 Å². The first kappa shape index (κ1) is 14.3. The molecule has 2 aromatic rings. The summed E-state index contributed by atoms with van der Waals surface area (Å²) in [6.07, 6.45) is 0. The van der Waals surface area contributed by atoms with Crippen molar-refractivity contribution < 1.29 is 4.74 Å². The smallest absolute Gasteiger partial charge is 0.222 e. The van der Waals surface area contributed by atoms with Crippen molar-refractivity contribution in [1.29, 1.82) is 0 Å². The van der Waals surface area contributed by atoms with Gasteiger partial charge in [-0.3, -0.25) is 0 Å². The summed E-state index contributed by atoms with van der Waals surface area (Å²) in [5, 5.41) is 7.75. The van der Waals surface area contributed by atoms with Crippen LogP contribution in [0.25, 0.3) is 0 Å². The van der Waals surface area contributed by atoms with Gasteiger partial charge >= 0.3 is 0 Å². The predicted molar refractivity (Wildman–Crippen MR) is 84.6 cm³/mol. The molecule has 0 bridgehead atoms. The lowest BCUT2D eigenvalue weighted by atomic mass is 10.2. The summed E-state index contributed by atoms with van der Waals surface area (Å²) in [6.45, 7) is 5.80. The molecule has 0 spiro atoms. The lowest BCUT2D eigenvalue weighted by Crippen LogP contribution is -2.12. The molecule has 0 saturated heterocycles. The number of hydrogen-bond donors (Lipinski definition) is 1. The van der Waals surface area contributed by atoms with E-state index in [0.717, 1.165) is 39.5 Å². The van der Waals surface area contributed by atoms with Crippen molar-refractivity contribution in [3.63, 3.8) is 0 Å². The second-order valence-corrected chi connectivity index (χ2v) is 5.58. The molecule has 19 heavy (non-hydrogen) atoms. The molecule has 0 radical (unpaired) electrons. The highest BCUT2D eigenvalue weighted by atomic mass is 127. The van der Waals surface area contributed by atoms with Gasteiger partial charge in [-0.25, -0.2) is 4.68 Å². The van der Waals surface area contributed by atoms with Crippen molar-refractivity contribution in [2.45, 2.75) is 20.4 Å². The van der Waals surface area contributed by atoms with Crippen LogP contribution in [0, 0.1) is 10.5 Å². The van der Waals surface area contributed by atoms with Gasteiger partial charge in [0.15, 0.2) is 0 Å². The van der Waals surface area contributed by atoms with Gasteiger partial charge in [-0.05, 0) is 54.3 Å². The standard InChI is InChI=1S/C14H18IN3O/c1-4-16-9-13-10(2)17-18(3)14(13)19-12-7-5-6-11(15)8-12/h5-8,16H,4,9H2,1-3H3. The van der Waals surface area contributed by atoms with Gasteiger partial charge in [0.2, 0.25) is 5.88 Å². The lowest BCUT2D eigenvalue weighted by Gasteiger charge is -2.09. The van der Waals surface area contributed by atoms with Crippen LogP contribution in [-0.2, 0) is 13.6 Å². The van der Waals surface area contributed by atoms with Crippen molar-refractivity contribution >= 4 is 22.6 Å². The first-order chi connectivity index (χ1) is 9.11. The number of benzene rings is 1. The third-order valence-electron chi connectivity index (χ3n) is 2.85. The maximum absolute atomic E-state index is 5.99. The summed E-state index contributed by atoms with van der Waals surface area (Å²) in [5.41, 5.74) is 2.12.